The van der Waals surface area contributed by atoms with Gasteiger partial charge in [0.15, 0.2) is 5.78 Å². The molecule has 2 nitrogen and oxygen atoms in total. The molecule has 2 aliphatic rings. The average molecular weight is 184 g/mol. The number of Topliss-reactive ketones (excluding diaryl/α,β-unsaturated/α-hetero) is 1. The Morgan fingerprint density at radius 3 is 3.00 bits per heavy atom. The van der Waals surface area contributed by atoms with Gasteiger partial charge < -0.3 is 4.74 Å². The second-order valence-electron chi connectivity index (χ2n) is 3.43. The molecule has 14 heavy (non-hydrogen) atoms. The molecule has 0 unspecified atom stereocenters. The summed E-state index contributed by atoms with van der Waals surface area (Å²) in [6.45, 7) is 0.523. The van der Waals surface area contributed by atoms with Crippen LogP contribution in [0.5, 0.6) is 0 Å². The molecule has 0 bridgehead atoms. The Bertz CT molecular complexity index is 481. The Kier molecular flexibility index (Phi) is 1.39. The molecule has 0 fully saturated rings. The number of hydrogen-bond acceptors (Lipinski definition) is 2. The molecule has 68 valence electrons. The lowest BCUT2D eigenvalue weighted by Crippen LogP contribution is -2.10. The van der Waals surface area contributed by atoms with Crippen LogP contribution >= 0.6 is 0 Å². The summed E-state index contributed by atoms with van der Waals surface area (Å²) in [7, 11) is 0. The highest BCUT2D eigenvalue weighted by Crippen LogP contribution is 2.31. The lowest BCUT2D eigenvalue weighted by Gasteiger charge is -2.12. The first-order chi connectivity index (χ1) is 6.86. The van der Waals surface area contributed by atoms with E-state index in [1.54, 1.807) is 6.26 Å². The van der Waals surface area contributed by atoms with Crippen molar-refractivity contribution in [2.45, 2.75) is 0 Å². The van der Waals surface area contributed by atoms with Crippen molar-refractivity contribution in [2.75, 3.05) is 6.61 Å². The standard InChI is InChI=1S/C12H8O2/c13-12-10-4-2-1-3-8(10)5-9-6-14-7-11(9)12/h1-5,7H,6H2. The van der Waals surface area contributed by atoms with E-state index in [0.717, 1.165) is 16.7 Å². The Balaban J connectivity index is 2.28. The van der Waals surface area contributed by atoms with Gasteiger partial charge in [0.05, 0.1) is 11.8 Å². The van der Waals surface area contributed by atoms with Crippen LogP contribution in [0.1, 0.15) is 15.9 Å². The summed E-state index contributed by atoms with van der Waals surface area (Å²) in [6.07, 6.45) is 3.58. The molecule has 1 aromatic carbocycles. The minimum absolute atomic E-state index is 0.0793. The first kappa shape index (κ1) is 7.56. The maximum atomic E-state index is 11.9. The Morgan fingerprint density at radius 1 is 1.21 bits per heavy atom. The molecule has 1 heterocycles. The number of ether oxygens (including phenoxy) is 1. The van der Waals surface area contributed by atoms with Gasteiger partial charge in [-0.25, -0.2) is 0 Å². The number of hydrogen-bond donors (Lipinski definition) is 0. The van der Waals surface area contributed by atoms with E-state index in [0.29, 0.717) is 12.2 Å². The minimum Gasteiger partial charge on any atom is -0.496 e. The number of carbonyl (C=O) groups excluding carboxylic acids is 1. The first-order valence-electron chi connectivity index (χ1n) is 4.53. The molecular weight excluding hydrogens is 176 g/mol. The van der Waals surface area contributed by atoms with Crippen molar-refractivity contribution in [1.29, 1.82) is 0 Å². The van der Waals surface area contributed by atoms with Crippen LogP contribution in [-0.4, -0.2) is 12.4 Å². The zero-order valence-corrected chi connectivity index (χ0v) is 7.49. The number of rotatable bonds is 0. The Hall–Kier alpha value is -1.83. The second-order valence-corrected chi connectivity index (χ2v) is 3.43. The maximum Gasteiger partial charge on any atom is 0.197 e. The van der Waals surface area contributed by atoms with Crippen LogP contribution < -0.4 is 0 Å². The number of benzene rings is 1. The molecular formula is C12H8O2. The summed E-state index contributed by atoms with van der Waals surface area (Å²) < 4.78 is 5.14. The third-order valence-electron chi connectivity index (χ3n) is 2.57. The van der Waals surface area contributed by atoms with Gasteiger partial charge in [-0.05, 0) is 11.6 Å². The third-order valence-corrected chi connectivity index (χ3v) is 2.57. The summed E-state index contributed by atoms with van der Waals surface area (Å²) in [5, 5.41) is 0. The largest absolute Gasteiger partial charge is 0.496 e. The quantitative estimate of drug-likeness (QED) is 0.617. The molecule has 1 aliphatic heterocycles. The zero-order chi connectivity index (χ0) is 9.54. The fraction of sp³-hybridized carbons (Fsp3) is 0.0833. The molecule has 0 N–H and O–H groups in total. The van der Waals surface area contributed by atoms with Crippen LogP contribution in [0.4, 0.5) is 0 Å². The van der Waals surface area contributed by atoms with Gasteiger partial charge >= 0.3 is 0 Å². The topological polar surface area (TPSA) is 26.3 Å². The molecule has 0 saturated heterocycles. The van der Waals surface area contributed by atoms with Gasteiger partial charge in [-0.1, -0.05) is 24.3 Å². The van der Waals surface area contributed by atoms with E-state index >= 15 is 0 Å². The van der Waals surface area contributed by atoms with Gasteiger partial charge in [0.2, 0.25) is 0 Å². The molecule has 2 heteroatoms. The van der Waals surface area contributed by atoms with Gasteiger partial charge in [-0.15, -0.1) is 0 Å². The van der Waals surface area contributed by atoms with E-state index in [1.165, 1.54) is 0 Å². The van der Waals surface area contributed by atoms with Gasteiger partial charge in [0.25, 0.3) is 0 Å². The summed E-state index contributed by atoms with van der Waals surface area (Å²) >= 11 is 0. The molecule has 0 radical (unpaired) electrons. The van der Waals surface area contributed by atoms with Crippen molar-refractivity contribution < 1.29 is 9.53 Å². The van der Waals surface area contributed by atoms with Crippen molar-refractivity contribution in [3.05, 3.63) is 52.8 Å². The molecule has 0 saturated carbocycles. The van der Waals surface area contributed by atoms with Gasteiger partial charge in [0.1, 0.15) is 6.61 Å². The lowest BCUT2D eigenvalue weighted by atomic mass is 9.89. The van der Waals surface area contributed by atoms with Crippen molar-refractivity contribution >= 4 is 11.9 Å². The molecule has 0 spiro atoms. The lowest BCUT2D eigenvalue weighted by molar-refractivity contribution is 0.103. The van der Waals surface area contributed by atoms with Crippen molar-refractivity contribution in [3.63, 3.8) is 0 Å². The third kappa shape index (κ3) is 0.880. The molecule has 1 aliphatic carbocycles. The van der Waals surface area contributed by atoms with Crippen LogP contribution in [0.3, 0.4) is 0 Å². The molecule has 3 rings (SSSR count). The van der Waals surface area contributed by atoms with Gasteiger partial charge in [-0.2, -0.15) is 0 Å². The van der Waals surface area contributed by atoms with Crippen LogP contribution in [0.25, 0.3) is 6.08 Å². The van der Waals surface area contributed by atoms with E-state index in [1.807, 2.05) is 30.3 Å². The molecule has 0 atom stereocenters. The zero-order valence-electron chi connectivity index (χ0n) is 7.49. The molecule has 1 aromatic rings. The van der Waals surface area contributed by atoms with E-state index in [9.17, 15) is 4.79 Å². The van der Waals surface area contributed by atoms with E-state index in [2.05, 4.69) is 0 Å². The number of fused-ring (bicyclic) bond motifs is 2. The summed E-state index contributed by atoms with van der Waals surface area (Å²) in [6, 6.07) is 7.62. The number of carbonyl (C=O) groups is 1. The summed E-state index contributed by atoms with van der Waals surface area (Å²) in [5.41, 5.74) is 3.47. The van der Waals surface area contributed by atoms with Crippen molar-refractivity contribution in [3.8, 4) is 0 Å². The van der Waals surface area contributed by atoms with Crippen LogP contribution in [0.15, 0.2) is 41.7 Å². The highest BCUT2D eigenvalue weighted by atomic mass is 16.5. The van der Waals surface area contributed by atoms with Crippen LogP contribution in [0, 0.1) is 0 Å². The average Bonchev–Trinajstić information content (AvgIpc) is 2.66. The van der Waals surface area contributed by atoms with Crippen molar-refractivity contribution in [2.24, 2.45) is 0 Å². The van der Waals surface area contributed by atoms with Gasteiger partial charge in [-0.3, -0.25) is 4.79 Å². The van der Waals surface area contributed by atoms with Crippen molar-refractivity contribution in [1.82, 2.24) is 0 Å². The number of ketones is 1. The normalized spacial score (nSPS) is 17.9. The van der Waals surface area contributed by atoms with Crippen LogP contribution in [0.2, 0.25) is 0 Å². The fourth-order valence-corrected chi connectivity index (χ4v) is 1.85. The monoisotopic (exact) mass is 184 g/mol. The Morgan fingerprint density at radius 2 is 2.07 bits per heavy atom. The maximum absolute atomic E-state index is 11.9. The van der Waals surface area contributed by atoms with E-state index < -0.39 is 0 Å². The summed E-state index contributed by atoms with van der Waals surface area (Å²) in [5.74, 6) is 0.0793. The van der Waals surface area contributed by atoms with Crippen LogP contribution in [-0.2, 0) is 4.74 Å². The predicted octanol–water partition coefficient (Wildman–Crippen LogP) is 2.18. The highest BCUT2D eigenvalue weighted by Gasteiger charge is 2.26. The predicted molar refractivity (Wildman–Crippen MR) is 52.8 cm³/mol. The molecule has 0 amide bonds. The SMILES string of the molecule is O=C1C2=COCC2=Cc2ccccc21. The molecule has 0 aromatic heterocycles. The van der Waals surface area contributed by atoms with Gasteiger partial charge in [0, 0.05) is 11.1 Å². The highest BCUT2D eigenvalue weighted by molar-refractivity contribution is 6.16. The van der Waals surface area contributed by atoms with E-state index in [4.69, 9.17) is 4.74 Å². The minimum atomic E-state index is 0.0793. The first-order valence-corrected chi connectivity index (χ1v) is 4.53. The summed E-state index contributed by atoms with van der Waals surface area (Å²) in [4.78, 5) is 11.9. The smallest absolute Gasteiger partial charge is 0.197 e. The van der Waals surface area contributed by atoms with E-state index in [-0.39, 0.29) is 5.78 Å². The fourth-order valence-electron chi connectivity index (χ4n) is 1.85. The second kappa shape index (κ2) is 2.58. The Labute approximate surface area is 81.5 Å².